The average molecular weight is 235 g/mol. The van der Waals surface area contributed by atoms with E-state index in [1.54, 1.807) is 0 Å². The second-order valence-corrected chi connectivity index (χ2v) is 3.94. The fourth-order valence-corrected chi connectivity index (χ4v) is 1.52. The first kappa shape index (κ1) is 13.2. The molecule has 0 saturated carbocycles. The third kappa shape index (κ3) is 3.59. The van der Waals surface area contributed by atoms with E-state index in [1.165, 1.54) is 6.92 Å². The molecule has 0 spiro atoms. The van der Waals surface area contributed by atoms with E-state index in [9.17, 15) is 9.59 Å². The molecule has 0 bridgehead atoms. The Hall–Kier alpha value is -1.84. The summed E-state index contributed by atoms with van der Waals surface area (Å²) in [5, 5.41) is 11.5. The van der Waals surface area contributed by atoms with Gasteiger partial charge in [0.1, 0.15) is 5.92 Å². The number of carboxylic acid groups (broad SMARTS) is 1. The van der Waals surface area contributed by atoms with Crippen molar-refractivity contribution in [2.75, 3.05) is 0 Å². The SMILES string of the molecule is CC[C@@H](NC(=O)[C@H](C)C(=O)O)c1ccccc1. The van der Waals surface area contributed by atoms with Gasteiger partial charge in [0.05, 0.1) is 6.04 Å². The molecular formula is C13H17NO3. The predicted molar refractivity (Wildman–Crippen MR) is 64.4 cm³/mol. The highest BCUT2D eigenvalue weighted by Gasteiger charge is 2.22. The lowest BCUT2D eigenvalue weighted by atomic mass is 10.0. The fourth-order valence-electron chi connectivity index (χ4n) is 1.52. The van der Waals surface area contributed by atoms with Gasteiger partial charge in [-0.25, -0.2) is 0 Å². The van der Waals surface area contributed by atoms with Gasteiger partial charge in [0.25, 0.3) is 0 Å². The maximum atomic E-state index is 11.6. The Balaban J connectivity index is 2.71. The van der Waals surface area contributed by atoms with Crippen molar-refractivity contribution in [2.24, 2.45) is 5.92 Å². The number of carboxylic acids is 1. The summed E-state index contributed by atoms with van der Waals surface area (Å²) >= 11 is 0. The molecule has 1 aromatic rings. The zero-order chi connectivity index (χ0) is 12.8. The third-order valence-corrected chi connectivity index (χ3v) is 2.69. The summed E-state index contributed by atoms with van der Waals surface area (Å²) in [6.45, 7) is 3.33. The summed E-state index contributed by atoms with van der Waals surface area (Å²) in [7, 11) is 0. The van der Waals surface area contributed by atoms with Crippen LogP contribution in [-0.4, -0.2) is 17.0 Å². The minimum Gasteiger partial charge on any atom is -0.481 e. The van der Waals surface area contributed by atoms with Crippen molar-refractivity contribution in [1.29, 1.82) is 0 Å². The van der Waals surface area contributed by atoms with Crippen molar-refractivity contribution in [3.63, 3.8) is 0 Å². The first-order valence-corrected chi connectivity index (χ1v) is 5.64. The molecule has 0 aliphatic rings. The molecule has 1 aromatic carbocycles. The second-order valence-electron chi connectivity index (χ2n) is 3.94. The van der Waals surface area contributed by atoms with E-state index in [-0.39, 0.29) is 6.04 Å². The number of carbonyl (C=O) groups is 2. The zero-order valence-electron chi connectivity index (χ0n) is 10.0. The molecule has 0 fully saturated rings. The predicted octanol–water partition coefficient (Wildman–Crippen LogP) is 1.97. The number of aliphatic carboxylic acids is 1. The van der Waals surface area contributed by atoms with Gasteiger partial charge in [-0.15, -0.1) is 0 Å². The number of rotatable bonds is 5. The number of carbonyl (C=O) groups excluding carboxylic acids is 1. The third-order valence-electron chi connectivity index (χ3n) is 2.69. The van der Waals surface area contributed by atoms with Crippen LogP contribution in [0.2, 0.25) is 0 Å². The van der Waals surface area contributed by atoms with Crippen molar-refractivity contribution >= 4 is 11.9 Å². The topological polar surface area (TPSA) is 66.4 Å². The average Bonchev–Trinajstić information content (AvgIpc) is 2.35. The monoisotopic (exact) mass is 235 g/mol. The Morgan fingerprint density at radius 2 is 1.88 bits per heavy atom. The van der Waals surface area contributed by atoms with E-state index in [0.717, 1.165) is 12.0 Å². The van der Waals surface area contributed by atoms with E-state index in [2.05, 4.69) is 5.32 Å². The maximum Gasteiger partial charge on any atom is 0.315 e. The normalized spacial score (nSPS) is 13.8. The van der Waals surface area contributed by atoms with Gasteiger partial charge < -0.3 is 10.4 Å². The van der Waals surface area contributed by atoms with Crippen LogP contribution in [0.1, 0.15) is 31.9 Å². The number of benzene rings is 1. The van der Waals surface area contributed by atoms with Crippen molar-refractivity contribution < 1.29 is 14.7 Å². The van der Waals surface area contributed by atoms with Crippen LogP contribution in [0, 0.1) is 5.92 Å². The van der Waals surface area contributed by atoms with Gasteiger partial charge in [0.2, 0.25) is 5.91 Å². The second kappa shape index (κ2) is 6.03. The summed E-state index contributed by atoms with van der Waals surface area (Å²) in [5.74, 6) is -2.58. The largest absolute Gasteiger partial charge is 0.481 e. The molecule has 4 heteroatoms. The van der Waals surface area contributed by atoms with Crippen molar-refractivity contribution in [3.8, 4) is 0 Å². The van der Waals surface area contributed by atoms with Crippen LogP contribution in [0.5, 0.6) is 0 Å². The highest BCUT2D eigenvalue weighted by molar-refractivity contribution is 5.96. The summed E-state index contributed by atoms with van der Waals surface area (Å²) in [6, 6.07) is 9.39. The molecule has 0 radical (unpaired) electrons. The van der Waals surface area contributed by atoms with Crippen LogP contribution in [0.3, 0.4) is 0 Å². The molecule has 1 rings (SSSR count). The molecule has 2 N–H and O–H groups in total. The molecule has 0 saturated heterocycles. The fraction of sp³-hybridized carbons (Fsp3) is 0.385. The smallest absolute Gasteiger partial charge is 0.315 e. The number of nitrogens with one attached hydrogen (secondary N) is 1. The van der Waals surface area contributed by atoms with Gasteiger partial charge in [0.15, 0.2) is 0 Å². The highest BCUT2D eigenvalue weighted by atomic mass is 16.4. The van der Waals surface area contributed by atoms with Gasteiger partial charge in [-0.1, -0.05) is 37.3 Å². The lowest BCUT2D eigenvalue weighted by molar-refractivity contribution is -0.146. The van der Waals surface area contributed by atoms with Gasteiger partial charge in [0, 0.05) is 0 Å². The highest BCUT2D eigenvalue weighted by Crippen LogP contribution is 2.16. The van der Waals surface area contributed by atoms with Crippen LogP contribution in [-0.2, 0) is 9.59 Å². The Bertz CT molecular complexity index is 389. The van der Waals surface area contributed by atoms with Gasteiger partial charge in [-0.3, -0.25) is 9.59 Å². The van der Waals surface area contributed by atoms with Crippen LogP contribution in [0.15, 0.2) is 30.3 Å². The van der Waals surface area contributed by atoms with Gasteiger partial charge in [-0.2, -0.15) is 0 Å². The van der Waals surface area contributed by atoms with Gasteiger partial charge in [-0.05, 0) is 18.9 Å². The number of amides is 1. The molecule has 4 nitrogen and oxygen atoms in total. The van der Waals surface area contributed by atoms with Gasteiger partial charge >= 0.3 is 5.97 Å². The summed E-state index contributed by atoms with van der Waals surface area (Å²) in [5.41, 5.74) is 0.987. The lowest BCUT2D eigenvalue weighted by Gasteiger charge is -2.18. The van der Waals surface area contributed by atoms with Crippen molar-refractivity contribution in [1.82, 2.24) is 5.32 Å². The minimum atomic E-state index is -1.11. The first-order chi connectivity index (χ1) is 8.06. The van der Waals surface area contributed by atoms with E-state index < -0.39 is 17.8 Å². The maximum absolute atomic E-state index is 11.6. The summed E-state index contributed by atoms with van der Waals surface area (Å²) in [4.78, 5) is 22.3. The van der Waals surface area contributed by atoms with Crippen LogP contribution >= 0.6 is 0 Å². The van der Waals surface area contributed by atoms with E-state index >= 15 is 0 Å². The Labute approximate surface area is 101 Å². The molecule has 0 aromatic heterocycles. The molecule has 0 aliphatic carbocycles. The van der Waals surface area contributed by atoms with Crippen LogP contribution in [0.25, 0.3) is 0 Å². The van der Waals surface area contributed by atoms with E-state index in [1.807, 2.05) is 37.3 Å². The van der Waals surface area contributed by atoms with Crippen molar-refractivity contribution in [2.45, 2.75) is 26.3 Å². The van der Waals surface area contributed by atoms with E-state index in [4.69, 9.17) is 5.11 Å². The Kier molecular flexibility index (Phi) is 4.69. The molecule has 17 heavy (non-hydrogen) atoms. The Morgan fingerprint density at radius 1 is 1.29 bits per heavy atom. The molecule has 0 aliphatic heterocycles. The quantitative estimate of drug-likeness (QED) is 0.767. The van der Waals surface area contributed by atoms with Crippen LogP contribution in [0.4, 0.5) is 0 Å². The lowest BCUT2D eigenvalue weighted by Crippen LogP contribution is -2.36. The molecular weight excluding hydrogens is 218 g/mol. The molecule has 0 heterocycles. The summed E-state index contributed by atoms with van der Waals surface area (Å²) in [6.07, 6.45) is 0.724. The van der Waals surface area contributed by atoms with Crippen molar-refractivity contribution in [3.05, 3.63) is 35.9 Å². The molecule has 0 unspecified atom stereocenters. The van der Waals surface area contributed by atoms with E-state index in [0.29, 0.717) is 0 Å². The minimum absolute atomic E-state index is 0.134. The zero-order valence-corrected chi connectivity index (χ0v) is 10.0. The summed E-state index contributed by atoms with van der Waals surface area (Å²) < 4.78 is 0. The molecule has 1 amide bonds. The first-order valence-electron chi connectivity index (χ1n) is 5.64. The number of hydrogen-bond acceptors (Lipinski definition) is 2. The molecule has 2 atom stereocenters. The Morgan fingerprint density at radius 3 is 2.35 bits per heavy atom. The molecule has 92 valence electrons. The van der Waals surface area contributed by atoms with Crippen LogP contribution < -0.4 is 5.32 Å². The number of hydrogen-bond donors (Lipinski definition) is 2. The standard InChI is InChI=1S/C13H17NO3/c1-3-11(10-7-5-4-6-8-10)14-12(15)9(2)13(16)17/h4-9,11H,3H2,1-2H3,(H,14,15)(H,16,17)/t9-,11+/m0/s1.